The van der Waals surface area contributed by atoms with Crippen LogP contribution in [0.1, 0.15) is 36.3 Å². The molecule has 0 saturated carbocycles. The van der Waals surface area contributed by atoms with Crippen molar-refractivity contribution in [3.8, 4) is 17.6 Å². The Labute approximate surface area is 212 Å². The molecule has 0 bridgehead atoms. The maximum absolute atomic E-state index is 13.0. The summed E-state index contributed by atoms with van der Waals surface area (Å²) in [5, 5.41) is 17.5. The second kappa shape index (κ2) is 9.68. The maximum atomic E-state index is 13.0. The number of ether oxygens (including phenoxy) is 2. The van der Waals surface area contributed by atoms with Crippen LogP contribution in [0.2, 0.25) is 5.02 Å². The molecule has 0 spiro atoms. The van der Waals surface area contributed by atoms with Gasteiger partial charge in [0.25, 0.3) is 0 Å². The lowest BCUT2D eigenvalue weighted by Crippen LogP contribution is -2.31. The standard InChI is InChI=1S/C26H22ClN3O4S/c1-14-17(27)4-2-5-18(14)29-23(32)12-35-26-16(11-28)24(25-19(30-26)6-3-7-20(25)31)15-8-9-21-22(10-15)34-13-33-21/h2,4-5,8-10,24,30H,3,6-7,12-13H2,1H3,(H,29,32)/t24-/m1/s1. The van der Waals surface area contributed by atoms with E-state index in [0.717, 1.165) is 23.2 Å². The van der Waals surface area contributed by atoms with Crippen molar-refractivity contribution >= 4 is 40.7 Å². The third kappa shape index (κ3) is 4.49. The first kappa shape index (κ1) is 23.3. The highest BCUT2D eigenvalue weighted by atomic mass is 35.5. The minimum Gasteiger partial charge on any atom is -0.454 e. The summed E-state index contributed by atoms with van der Waals surface area (Å²) >= 11 is 7.41. The van der Waals surface area contributed by atoms with Crippen molar-refractivity contribution in [3.63, 3.8) is 0 Å². The Morgan fingerprint density at radius 3 is 2.91 bits per heavy atom. The molecule has 0 unspecified atom stereocenters. The SMILES string of the molecule is Cc1c(Cl)cccc1NC(=O)CSC1=C(C#N)[C@@H](c2ccc3c(c2)OCO3)C2=C(CCCC2=O)N1. The number of nitriles is 1. The van der Waals surface area contributed by atoms with Crippen LogP contribution in [0.15, 0.2) is 58.3 Å². The number of rotatable bonds is 5. The Bertz CT molecular complexity index is 1340. The van der Waals surface area contributed by atoms with Crippen LogP contribution in [0.25, 0.3) is 0 Å². The van der Waals surface area contributed by atoms with Crippen LogP contribution in [-0.4, -0.2) is 24.2 Å². The second-order valence-electron chi connectivity index (χ2n) is 8.44. The van der Waals surface area contributed by atoms with E-state index in [4.69, 9.17) is 21.1 Å². The Balaban J connectivity index is 1.44. The largest absolute Gasteiger partial charge is 0.454 e. The quantitative estimate of drug-likeness (QED) is 0.575. The number of carbonyl (C=O) groups excluding carboxylic acids is 2. The van der Waals surface area contributed by atoms with Gasteiger partial charge >= 0.3 is 0 Å². The summed E-state index contributed by atoms with van der Waals surface area (Å²) in [4.78, 5) is 25.7. The van der Waals surface area contributed by atoms with Gasteiger partial charge in [0.05, 0.1) is 28.3 Å². The number of Topliss-reactive ketones (excluding diaryl/α,β-unsaturated/α-hetero) is 1. The Morgan fingerprint density at radius 2 is 2.09 bits per heavy atom. The van der Waals surface area contributed by atoms with Gasteiger partial charge in [-0.15, -0.1) is 0 Å². The fourth-order valence-electron chi connectivity index (χ4n) is 4.53. The van der Waals surface area contributed by atoms with Crippen LogP contribution in [0, 0.1) is 18.3 Å². The molecule has 0 aromatic heterocycles. The molecule has 2 aromatic carbocycles. The molecule has 1 aliphatic carbocycles. The Hall–Kier alpha value is -3.41. The van der Waals surface area contributed by atoms with E-state index < -0.39 is 5.92 Å². The molecular weight excluding hydrogens is 486 g/mol. The summed E-state index contributed by atoms with van der Waals surface area (Å²) < 4.78 is 11.0. The zero-order valence-corrected chi connectivity index (χ0v) is 20.5. The van der Waals surface area contributed by atoms with Crippen molar-refractivity contribution in [2.45, 2.75) is 32.1 Å². The maximum Gasteiger partial charge on any atom is 0.234 e. The summed E-state index contributed by atoms with van der Waals surface area (Å²) in [5.41, 5.74) is 4.07. The third-order valence-electron chi connectivity index (χ3n) is 6.28. The number of amides is 1. The summed E-state index contributed by atoms with van der Waals surface area (Å²) in [7, 11) is 0. The average Bonchev–Trinajstić information content (AvgIpc) is 3.33. The van der Waals surface area contributed by atoms with Gasteiger partial charge in [-0.2, -0.15) is 5.26 Å². The zero-order valence-electron chi connectivity index (χ0n) is 18.9. The van der Waals surface area contributed by atoms with E-state index in [2.05, 4.69) is 16.7 Å². The molecule has 1 atom stereocenters. The number of thioether (sulfide) groups is 1. The summed E-state index contributed by atoms with van der Waals surface area (Å²) in [5.74, 6) is 0.605. The smallest absolute Gasteiger partial charge is 0.234 e. The minimum atomic E-state index is -0.528. The predicted octanol–water partition coefficient (Wildman–Crippen LogP) is 5.18. The normalized spacial score (nSPS) is 18.7. The lowest BCUT2D eigenvalue weighted by atomic mass is 9.77. The van der Waals surface area contributed by atoms with Crippen molar-refractivity contribution in [3.05, 3.63) is 74.4 Å². The van der Waals surface area contributed by atoms with Gasteiger partial charge in [-0.05, 0) is 55.2 Å². The van der Waals surface area contributed by atoms with Gasteiger partial charge in [0, 0.05) is 28.4 Å². The summed E-state index contributed by atoms with van der Waals surface area (Å²) in [6, 6.07) is 13.1. The minimum absolute atomic E-state index is 0.0346. The van der Waals surface area contributed by atoms with E-state index in [-0.39, 0.29) is 24.2 Å². The van der Waals surface area contributed by atoms with Crippen molar-refractivity contribution in [1.82, 2.24) is 5.32 Å². The van der Waals surface area contributed by atoms with Gasteiger partial charge in [-0.25, -0.2) is 0 Å². The van der Waals surface area contributed by atoms with E-state index in [9.17, 15) is 14.9 Å². The molecule has 178 valence electrons. The van der Waals surface area contributed by atoms with Crippen LogP contribution in [0.5, 0.6) is 11.5 Å². The highest BCUT2D eigenvalue weighted by molar-refractivity contribution is 8.03. The number of ketones is 1. The number of dihydropyridines is 1. The van der Waals surface area contributed by atoms with Gasteiger partial charge in [-0.1, -0.05) is 35.5 Å². The van der Waals surface area contributed by atoms with Gasteiger partial charge < -0.3 is 20.1 Å². The number of hydrogen-bond donors (Lipinski definition) is 2. The Kier molecular flexibility index (Phi) is 6.46. The monoisotopic (exact) mass is 507 g/mol. The Morgan fingerprint density at radius 1 is 1.26 bits per heavy atom. The first-order valence-electron chi connectivity index (χ1n) is 11.2. The number of hydrogen-bond acceptors (Lipinski definition) is 7. The molecule has 0 fully saturated rings. The van der Waals surface area contributed by atoms with Gasteiger partial charge in [0.1, 0.15) is 0 Å². The van der Waals surface area contributed by atoms with Gasteiger partial charge in [0.2, 0.25) is 12.7 Å². The van der Waals surface area contributed by atoms with Crippen molar-refractivity contribution in [2.24, 2.45) is 0 Å². The molecule has 3 aliphatic rings. The molecule has 2 aliphatic heterocycles. The number of nitrogens with one attached hydrogen (secondary N) is 2. The lowest BCUT2D eigenvalue weighted by molar-refractivity contribution is -0.116. The van der Waals surface area contributed by atoms with Crippen LogP contribution in [0.3, 0.4) is 0 Å². The highest BCUT2D eigenvalue weighted by Crippen LogP contribution is 2.46. The van der Waals surface area contributed by atoms with Crippen LogP contribution in [-0.2, 0) is 9.59 Å². The number of nitrogens with zero attached hydrogens (tertiary/aromatic N) is 1. The molecule has 0 saturated heterocycles. The van der Waals surface area contributed by atoms with Crippen molar-refractivity contribution in [2.75, 3.05) is 17.9 Å². The second-order valence-corrected chi connectivity index (χ2v) is 9.84. The fourth-order valence-corrected chi connectivity index (χ4v) is 5.57. The predicted molar refractivity (Wildman–Crippen MR) is 134 cm³/mol. The molecular formula is C26H22ClN3O4S. The van der Waals surface area contributed by atoms with Crippen molar-refractivity contribution in [1.29, 1.82) is 5.26 Å². The first-order valence-corrected chi connectivity index (χ1v) is 12.6. The lowest BCUT2D eigenvalue weighted by Gasteiger charge is -2.33. The molecule has 2 aromatic rings. The van der Waals surface area contributed by atoms with Crippen molar-refractivity contribution < 1.29 is 19.1 Å². The first-order chi connectivity index (χ1) is 17.0. The zero-order chi connectivity index (χ0) is 24.5. The van der Waals surface area contributed by atoms with E-state index in [1.165, 1.54) is 11.8 Å². The summed E-state index contributed by atoms with van der Waals surface area (Å²) in [6.45, 7) is 1.98. The molecule has 0 radical (unpaired) electrons. The molecule has 9 heteroatoms. The number of fused-ring (bicyclic) bond motifs is 1. The average molecular weight is 508 g/mol. The third-order valence-corrected chi connectivity index (χ3v) is 7.71. The number of anilines is 1. The molecule has 1 amide bonds. The number of carbonyl (C=O) groups is 2. The van der Waals surface area contributed by atoms with E-state index >= 15 is 0 Å². The number of halogens is 1. The van der Waals surface area contributed by atoms with Crippen LogP contribution >= 0.6 is 23.4 Å². The topological polar surface area (TPSA) is 100 Å². The van der Waals surface area contributed by atoms with Crippen LogP contribution in [0.4, 0.5) is 5.69 Å². The highest BCUT2D eigenvalue weighted by Gasteiger charge is 2.37. The summed E-state index contributed by atoms with van der Waals surface area (Å²) in [6.07, 6.45) is 1.90. The van der Waals surface area contributed by atoms with Gasteiger partial charge in [0.15, 0.2) is 17.3 Å². The molecule has 2 heterocycles. The molecule has 5 rings (SSSR count). The number of benzene rings is 2. The molecule has 2 N–H and O–H groups in total. The van der Waals surface area contributed by atoms with E-state index in [1.807, 2.05) is 19.1 Å². The van der Waals surface area contributed by atoms with E-state index in [0.29, 0.717) is 51.2 Å². The molecule has 35 heavy (non-hydrogen) atoms. The van der Waals surface area contributed by atoms with Crippen LogP contribution < -0.4 is 20.1 Å². The van der Waals surface area contributed by atoms with Gasteiger partial charge in [-0.3, -0.25) is 9.59 Å². The fraction of sp³-hybridized carbons (Fsp3) is 0.269. The number of allylic oxidation sites excluding steroid dienone is 3. The van der Waals surface area contributed by atoms with E-state index in [1.54, 1.807) is 24.3 Å². The molecule has 7 nitrogen and oxygen atoms in total.